The number of nitrogens with one attached hydrogen (secondary N) is 1. The molecule has 0 aliphatic carbocycles. The van der Waals surface area contributed by atoms with E-state index in [1.54, 1.807) is 24.1 Å². The quantitative estimate of drug-likeness (QED) is 0.817. The Morgan fingerprint density at radius 2 is 2.04 bits per heavy atom. The number of carbonyl (C=O) groups excluding carboxylic acids is 1. The predicted octanol–water partition coefficient (Wildman–Crippen LogP) is 2.64. The van der Waals surface area contributed by atoms with Gasteiger partial charge in [-0.2, -0.15) is 0 Å². The van der Waals surface area contributed by atoms with Gasteiger partial charge in [0.2, 0.25) is 0 Å². The monoisotopic (exact) mass is 328 g/mol. The van der Waals surface area contributed by atoms with E-state index in [4.69, 9.17) is 17.0 Å². The highest BCUT2D eigenvalue weighted by atomic mass is 32.1. The van der Waals surface area contributed by atoms with Crippen molar-refractivity contribution in [2.45, 2.75) is 11.6 Å². The molecule has 0 bridgehead atoms. The minimum absolute atomic E-state index is 0.137. The van der Waals surface area contributed by atoms with Gasteiger partial charge < -0.3 is 15.0 Å². The van der Waals surface area contributed by atoms with Gasteiger partial charge in [-0.25, -0.2) is 4.39 Å². The standard InChI is InChI=1S/C17H13FN2O2S/c1-20-13-8-3-2-7-12(13)17(15(20)21)14(22-16(23)19-17)10-5-4-6-11(18)9-10/h2-9,14H,1H3,(H,19,23)/t14-,17-/m0/s1. The Morgan fingerprint density at radius 1 is 1.26 bits per heavy atom. The first-order valence-electron chi connectivity index (χ1n) is 7.16. The second kappa shape index (κ2) is 4.76. The van der Waals surface area contributed by atoms with E-state index in [1.807, 2.05) is 24.3 Å². The third-order valence-electron chi connectivity index (χ3n) is 4.40. The van der Waals surface area contributed by atoms with Crippen molar-refractivity contribution in [3.05, 3.63) is 65.5 Å². The Labute approximate surface area is 137 Å². The number of likely N-dealkylation sites (N-methyl/N-ethyl adjacent to an activating group) is 1. The largest absolute Gasteiger partial charge is 0.459 e. The van der Waals surface area contributed by atoms with Crippen molar-refractivity contribution < 1.29 is 13.9 Å². The summed E-state index contributed by atoms with van der Waals surface area (Å²) in [6.07, 6.45) is -0.718. The van der Waals surface area contributed by atoms with Crippen molar-refractivity contribution in [2.75, 3.05) is 11.9 Å². The van der Waals surface area contributed by atoms with Crippen LogP contribution in [0.4, 0.5) is 10.1 Å². The van der Waals surface area contributed by atoms with Crippen LogP contribution in [0.1, 0.15) is 17.2 Å². The third kappa shape index (κ3) is 1.81. The van der Waals surface area contributed by atoms with Gasteiger partial charge in [0.05, 0.1) is 0 Å². The molecule has 1 amide bonds. The highest BCUT2D eigenvalue weighted by Gasteiger charge is 2.61. The molecule has 2 aromatic rings. The van der Waals surface area contributed by atoms with E-state index in [2.05, 4.69) is 5.32 Å². The van der Waals surface area contributed by atoms with Gasteiger partial charge in [-0.1, -0.05) is 30.3 Å². The Kier molecular flexibility index (Phi) is 2.93. The van der Waals surface area contributed by atoms with E-state index >= 15 is 0 Å². The van der Waals surface area contributed by atoms with Gasteiger partial charge in [-0.05, 0) is 36.0 Å². The summed E-state index contributed by atoms with van der Waals surface area (Å²) in [7, 11) is 1.71. The molecule has 0 saturated carbocycles. The van der Waals surface area contributed by atoms with Crippen LogP contribution in [0.3, 0.4) is 0 Å². The molecular formula is C17H13FN2O2S. The Bertz CT molecular complexity index is 841. The van der Waals surface area contributed by atoms with Crippen molar-refractivity contribution in [3.63, 3.8) is 0 Å². The lowest BCUT2D eigenvalue weighted by atomic mass is 9.83. The van der Waals surface area contributed by atoms with Gasteiger partial charge in [0, 0.05) is 18.3 Å². The number of amides is 1. The first kappa shape index (κ1) is 14.1. The van der Waals surface area contributed by atoms with Crippen molar-refractivity contribution in [2.24, 2.45) is 0 Å². The third-order valence-corrected chi connectivity index (χ3v) is 4.60. The van der Waals surface area contributed by atoms with E-state index in [1.165, 1.54) is 12.1 Å². The number of hydrogen-bond acceptors (Lipinski definition) is 3. The van der Waals surface area contributed by atoms with Crippen LogP contribution in [0, 0.1) is 5.82 Å². The van der Waals surface area contributed by atoms with Crippen LogP contribution in [0.2, 0.25) is 0 Å². The molecule has 1 N–H and O–H groups in total. The normalized spacial score (nSPS) is 25.5. The number of fused-ring (bicyclic) bond motifs is 2. The molecular weight excluding hydrogens is 315 g/mol. The molecule has 2 aromatic carbocycles. The molecule has 2 aliphatic rings. The zero-order valence-corrected chi connectivity index (χ0v) is 13.1. The predicted molar refractivity (Wildman–Crippen MR) is 87.5 cm³/mol. The number of thiocarbonyl (C=S) groups is 1. The minimum atomic E-state index is -1.16. The van der Waals surface area contributed by atoms with Crippen LogP contribution < -0.4 is 10.2 Å². The number of carbonyl (C=O) groups is 1. The molecule has 1 spiro atoms. The summed E-state index contributed by atoms with van der Waals surface area (Å²) in [6.45, 7) is 0. The number of anilines is 1. The van der Waals surface area contributed by atoms with E-state index in [0.29, 0.717) is 5.56 Å². The highest BCUT2D eigenvalue weighted by Crippen LogP contribution is 2.50. The minimum Gasteiger partial charge on any atom is -0.459 e. The molecule has 4 rings (SSSR count). The lowest BCUT2D eigenvalue weighted by molar-refractivity contribution is -0.125. The zero-order chi connectivity index (χ0) is 16.2. The molecule has 23 heavy (non-hydrogen) atoms. The van der Waals surface area contributed by atoms with Gasteiger partial charge in [0.1, 0.15) is 5.82 Å². The molecule has 2 atom stereocenters. The summed E-state index contributed by atoms with van der Waals surface area (Å²) in [6, 6.07) is 13.5. The van der Waals surface area contributed by atoms with Crippen LogP contribution in [-0.2, 0) is 15.1 Å². The van der Waals surface area contributed by atoms with Crippen LogP contribution in [0.25, 0.3) is 0 Å². The average Bonchev–Trinajstić information content (AvgIpc) is 3.00. The Hall–Kier alpha value is -2.47. The highest BCUT2D eigenvalue weighted by molar-refractivity contribution is 7.80. The maximum atomic E-state index is 13.7. The first-order valence-corrected chi connectivity index (χ1v) is 7.57. The summed E-state index contributed by atoms with van der Waals surface area (Å²) in [5.41, 5.74) is 0.980. The van der Waals surface area contributed by atoms with Crippen molar-refractivity contribution in [1.29, 1.82) is 0 Å². The first-order chi connectivity index (χ1) is 11.0. The number of hydrogen-bond donors (Lipinski definition) is 1. The molecule has 116 valence electrons. The SMILES string of the molecule is CN1C(=O)[C@]2(NC(=S)O[C@H]2c2cccc(F)c2)c2ccccc21. The van der Waals surface area contributed by atoms with Crippen molar-refractivity contribution in [3.8, 4) is 0 Å². The van der Waals surface area contributed by atoms with Gasteiger partial charge in [-0.3, -0.25) is 4.79 Å². The van der Waals surface area contributed by atoms with E-state index in [0.717, 1.165) is 11.3 Å². The fourth-order valence-electron chi connectivity index (χ4n) is 3.40. The molecule has 6 heteroatoms. The van der Waals surface area contributed by atoms with E-state index in [9.17, 15) is 9.18 Å². The number of ether oxygens (including phenoxy) is 1. The van der Waals surface area contributed by atoms with Gasteiger partial charge in [0.15, 0.2) is 11.6 Å². The zero-order valence-electron chi connectivity index (χ0n) is 12.2. The summed E-state index contributed by atoms with van der Waals surface area (Å²) >= 11 is 5.16. The summed E-state index contributed by atoms with van der Waals surface area (Å²) in [5, 5.41) is 3.17. The average molecular weight is 328 g/mol. The number of halogens is 1. The lowest BCUT2D eigenvalue weighted by Gasteiger charge is -2.27. The second-order valence-corrected chi connectivity index (χ2v) is 6.03. The molecule has 4 nitrogen and oxygen atoms in total. The number of benzene rings is 2. The molecule has 0 unspecified atom stereocenters. The van der Waals surface area contributed by atoms with Gasteiger partial charge >= 0.3 is 0 Å². The number of rotatable bonds is 1. The molecule has 2 aliphatic heterocycles. The topological polar surface area (TPSA) is 41.6 Å². The van der Waals surface area contributed by atoms with E-state index in [-0.39, 0.29) is 16.9 Å². The van der Waals surface area contributed by atoms with Gasteiger partial charge in [0.25, 0.3) is 11.1 Å². The molecule has 0 radical (unpaired) electrons. The molecule has 1 saturated heterocycles. The summed E-state index contributed by atoms with van der Waals surface area (Å²) in [4.78, 5) is 14.6. The fourth-order valence-corrected chi connectivity index (χ4v) is 3.66. The second-order valence-electron chi connectivity index (χ2n) is 5.65. The van der Waals surface area contributed by atoms with Crippen molar-refractivity contribution >= 4 is 29.0 Å². The molecule has 2 heterocycles. The lowest BCUT2D eigenvalue weighted by Crippen LogP contribution is -2.49. The Morgan fingerprint density at radius 3 is 2.83 bits per heavy atom. The maximum absolute atomic E-state index is 13.7. The van der Waals surface area contributed by atoms with Crippen LogP contribution in [-0.4, -0.2) is 18.1 Å². The van der Waals surface area contributed by atoms with Crippen LogP contribution >= 0.6 is 12.2 Å². The smallest absolute Gasteiger partial charge is 0.261 e. The van der Waals surface area contributed by atoms with E-state index < -0.39 is 11.6 Å². The molecule has 0 aromatic heterocycles. The molecule has 1 fully saturated rings. The van der Waals surface area contributed by atoms with Gasteiger partial charge in [-0.15, -0.1) is 0 Å². The van der Waals surface area contributed by atoms with Crippen LogP contribution in [0.15, 0.2) is 48.5 Å². The number of nitrogens with zero attached hydrogens (tertiary/aromatic N) is 1. The number of para-hydroxylation sites is 1. The van der Waals surface area contributed by atoms with Crippen LogP contribution in [0.5, 0.6) is 0 Å². The van der Waals surface area contributed by atoms with Crippen molar-refractivity contribution in [1.82, 2.24) is 5.32 Å². The summed E-state index contributed by atoms with van der Waals surface area (Å²) in [5.74, 6) is -0.557. The Balaban J connectivity index is 1.95. The maximum Gasteiger partial charge on any atom is 0.261 e. The fraction of sp³-hybridized carbons (Fsp3) is 0.176. The summed E-state index contributed by atoms with van der Waals surface area (Å²) < 4.78 is 19.4.